The quantitative estimate of drug-likeness (QED) is 0.724. The maximum absolute atomic E-state index is 12.2. The van der Waals surface area contributed by atoms with E-state index >= 15 is 0 Å². The molecule has 118 valence electrons. The third kappa shape index (κ3) is 5.94. The molecule has 0 atom stereocenters. The molecule has 1 aromatic carbocycles. The van der Waals surface area contributed by atoms with Crippen LogP contribution in [0.3, 0.4) is 0 Å². The van der Waals surface area contributed by atoms with Crippen LogP contribution in [0.1, 0.15) is 44.0 Å². The Hall–Kier alpha value is -1.26. The van der Waals surface area contributed by atoms with Crippen molar-refractivity contribution in [2.75, 3.05) is 19.8 Å². The first kappa shape index (κ1) is 17.8. The first-order chi connectivity index (χ1) is 9.89. The number of benzene rings is 1. The van der Waals surface area contributed by atoms with Crippen LogP contribution in [0.25, 0.3) is 0 Å². The van der Waals surface area contributed by atoms with E-state index in [9.17, 15) is 9.90 Å². The molecular weight excluding hydrogens is 290 g/mol. The number of carbonyl (C=O) groups excluding carboxylic acids is 1. The fraction of sp³-hybridized carbons (Fsp3) is 0.562. The zero-order valence-corrected chi connectivity index (χ0v) is 13.7. The number of aliphatic hydroxyl groups is 1. The predicted octanol–water partition coefficient (Wildman–Crippen LogP) is 3.27. The van der Waals surface area contributed by atoms with Crippen LogP contribution in [-0.4, -0.2) is 30.8 Å². The van der Waals surface area contributed by atoms with Gasteiger partial charge in [0.1, 0.15) is 5.75 Å². The smallest absolute Gasteiger partial charge is 0.255 e. The summed E-state index contributed by atoms with van der Waals surface area (Å²) in [6, 6.07) is 4.99. The van der Waals surface area contributed by atoms with Gasteiger partial charge in [-0.25, -0.2) is 0 Å². The summed E-state index contributed by atoms with van der Waals surface area (Å²) < 4.78 is 5.44. The first-order valence-electron chi connectivity index (χ1n) is 7.21. The molecule has 0 saturated carbocycles. The molecule has 0 radical (unpaired) electrons. The normalized spacial score (nSPS) is 11.3. The molecule has 21 heavy (non-hydrogen) atoms. The Labute approximate surface area is 131 Å². The highest BCUT2D eigenvalue weighted by Crippen LogP contribution is 2.24. The van der Waals surface area contributed by atoms with Crippen molar-refractivity contribution in [1.82, 2.24) is 5.32 Å². The zero-order valence-electron chi connectivity index (χ0n) is 12.9. The minimum atomic E-state index is -0.170. The first-order valence-corrected chi connectivity index (χ1v) is 7.59. The fourth-order valence-corrected chi connectivity index (χ4v) is 2.06. The van der Waals surface area contributed by atoms with Gasteiger partial charge in [-0.05, 0) is 43.4 Å². The van der Waals surface area contributed by atoms with E-state index in [4.69, 9.17) is 16.3 Å². The van der Waals surface area contributed by atoms with Crippen molar-refractivity contribution >= 4 is 17.5 Å². The van der Waals surface area contributed by atoms with E-state index in [2.05, 4.69) is 5.32 Å². The van der Waals surface area contributed by atoms with Crippen molar-refractivity contribution < 1.29 is 14.6 Å². The van der Waals surface area contributed by atoms with E-state index in [-0.39, 0.29) is 17.9 Å². The summed E-state index contributed by atoms with van der Waals surface area (Å²) in [4.78, 5) is 12.2. The molecule has 2 N–H and O–H groups in total. The second-order valence-electron chi connectivity index (χ2n) is 5.76. The maximum atomic E-state index is 12.2. The average molecular weight is 314 g/mol. The van der Waals surface area contributed by atoms with Crippen LogP contribution in [0.2, 0.25) is 5.02 Å². The van der Waals surface area contributed by atoms with Gasteiger partial charge in [0.25, 0.3) is 5.91 Å². The zero-order chi connectivity index (χ0) is 15.9. The molecule has 4 nitrogen and oxygen atoms in total. The highest BCUT2D eigenvalue weighted by molar-refractivity contribution is 6.30. The lowest BCUT2D eigenvalue weighted by atomic mass is 9.89. The molecule has 0 bridgehead atoms. The van der Waals surface area contributed by atoms with Crippen molar-refractivity contribution in [3.8, 4) is 5.75 Å². The minimum absolute atomic E-state index is 0.110. The molecule has 0 aromatic heterocycles. The topological polar surface area (TPSA) is 58.6 Å². The SMILES string of the molecule is CCOc1cc(Cl)ccc1C(=O)NCCCC(C)(C)CO. The Morgan fingerprint density at radius 3 is 2.76 bits per heavy atom. The fourth-order valence-electron chi connectivity index (χ4n) is 1.90. The van der Waals surface area contributed by atoms with Crippen molar-refractivity contribution in [2.45, 2.75) is 33.6 Å². The maximum Gasteiger partial charge on any atom is 0.255 e. The molecule has 0 aliphatic carbocycles. The van der Waals surface area contributed by atoms with Gasteiger partial charge in [-0.15, -0.1) is 0 Å². The lowest BCUT2D eigenvalue weighted by molar-refractivity contribution is 0.0945. The van der Waals surface area contributed by atoms with Gasteiger partial charge in [-0.3, -0.25) is 4.79 Å². The number of hydrogen-bond acceptors (Lipinski definition) is 3. The van der Waals surface area contributed by atoms with Gasteiger partial charge >= 0.3 is 0 Å². The molecule has 1 aromatic rings. The van der Waals surface area contributed by atoms with Crippen LogP contribution >= 0.6 is 11.6 Å². The van der Waals surface area contributed by atoms with Crippen LogP contribution < -0.4 is 10.1 Å². The summed E-state index contributed by atoms with van der Waals surface area (Å²) in [7, 11) is 0. The van der Waals surface area contributed by atoms with Crippen molar-refractivity contribution in [3.63, 3.8) is 0 Å². The van der Waals surface area contributed by atoms with Crippen LogP contribution in [0.4, 0.5) is 0 Å². The second-order valence-corrected chi connectivity index (χ2v) is 6.19. The van der Waals surface area contributed by atoms with E-state index in [1.54, 1.807) is 18.2 Å². The molecule has 0 fully saturated rings. The van der Waals surface area contributed by atoms with E-state index in [1.165, 1.54) is 0 Å². The third-order valence-corrected chi connectivity index (χ3v) is 3.47. The van der Waals surface area contributed by atoms with Crippen LogP contribution in [0.5, 0.6) is 5.75 Å². The Morgan fingerprint density at radius 1 is 1.43 bits per heavy atom. The van der Waals surface area contributed by atoms with Gasteiger partial charge < -0.3 is 15.2 Å². The summed E-state index contributed by atoms with van der Waals surface area (Å²) >= 11 is 5.91. The van der Waals surface area contributed by atoms with Crippen molar-refractivity contribution in [3.05, 3.63) is 28.8 Å². The standard InChI is InChI=1S/C16H24ClNO3/c1-4-21-14-10-12(17)6-7-13(14)15(20)18-9-5-8-16(2,3)11-19/h6-7,10,19H,4-5,8-9,11H2,1-3H3,(H,18,20). The van der Waals surface area contributed by atoms with Gasteiger partial charge in [0.2, 0.25) is 0 Å². The Bertz CT molecular complexity index is 475. The number of aliphatic hydroxyl groups excluding tert-OH is 1. The number of rotatable bonds is 8. The lowest BCUT2D eigenvalue weighted by Gasteiger charge is -2.21. The van der Waals surface area contributed by atoms with Crippen molar-refractivity contribution in [2.24, 2.45) is 5.41 Å². The Balaban J connectivity index is 2.56. The number of ether oxygens (including phenoxy) is 1. The molecule has 5 heteroatoms. The summed E-state index contributed by atoms with van der Waals surface area (Å²) in [5.41, 5.74) is 0.379. The van der Waals surface area contributed by atoms with E-state index in [1.807, 2.05) is 20.8 Å². The highest BCUT2D eigenvalue weighted by atomic mass is 35.5. The highest BCUT2D eigenvalue weighted by Gasteiger charge is 2.16. The molecule has 0 saturated heterocycles. The molecule has 0 aliphatic rings. The molecule has 1 amide bonds. The van der Waals surface area contributed by atoms with E-state index < -0.39 is 0 Å². The predicted molar refractivity (Wildman–Crippen MR) is 85.1 cm³/mol. The third-order valence-electron chi connectivity index (χ3n) is 3.23. The second kappa shape index (κ2) is 8.25. The number of hydrogen-bond donors (Lipinski definition) is 2. The number of carbonyl (C=O) groups is 1. The number of nitrogens with one attached hydrogen (secondary N) is 1. The molecule has 1 rings (SSSR count). The summed E-state index contributed by atoms with van der Waals surface area (Å²) in [6.45, 7) is 7.05. The average Bonchev–Trinajstić information content (AvgIpc) is 2.44. The largest absolute Gasteiger partial charge is 0.493 e. The summed E-state index contributed by atoms with van der Waals surface area (Å²) in [5, 5.41) is 12.6. The minimum Gasteiger partial charge on any atom is -0.493 e. The molecule has 0 heterocycles. The van der Waals surface area contributed by atoms with Crippen LogP contribution in [-0.2, 0) is 0 Å². The van der Waals surface area contributed by atoms with Gasteiger partial charge in [-0.2, -0.15) is 0 Å². The van der Waals surface area contributed by atoms with Crippen LogP contribution in [0.15, 0.2) is 18.2 Å². The van der Waals surface area contributed by atoms with Gasteiger partial charge in [-0.1, -0.05) is 25.4 Å². The Morgan fingerprint density at radius 2 is 2.14 bits per heavy atom. The monoisotopic (exact) mass is 313 g/mol. The van der Waals surface area contributed by atoms with Gasteiger partial charge in [0.05, 0.1) is 12.2 Å². The van der Waals surface area contributed by atoms with Crippen LogP contribution in [0, 0.1) is 5.41 Å². The number of amides is 1. The number of halogens is 1. The molecule has 0 aliphatic heterocycles. The molecular formula is C16H24ClNO3. The summed E-state index contributed by atoms with van der Waals surface area (Å²) in [6.07, 6.45) is 1.67. The molecule has 0 unspecified atom stereocenters. The summed E-state index contributed by atoms with van der Waals surface area (Å²) in [5.74, 6) is 0.329. The lowest BCUT2D eigenvalue weighted by Crippen LogP contribution is -2.26. The van der Waals surface area contributed by atoms with E-state index in [0.717, 1.165) is 12.8 Å². The van der Waals surface area contributed by atoms with Gasteiger partial charge in [0, 0.05) is 18.2 Å². The molecule has 0 spiro atoms. The van der Waals surface area contributed by atoms with E-state index in [0.29, 0.717) is 29.5 Å². The Kier molecular flexibility index (Phi) is 6.99. The van der Waals surface area contributed by atoms with Crippen molar-refractivity contribution in [1.29, 1.82) is 0 Å². The van der Waals surface area contributed by atoms with Gasteiger partial charge in [0.15, 0.2) is 0 Å².